The molecule has 3 aliphatic rings. The number of halogens is 1. The number of nitriles is 1. The van der Waals surface area contributed by atoms with Crippen LogP contribution in [0.2, 0.25) is 5.02 Å². The Balaban J connectivity index is 1.76. The Morgan fingerprint density at radius 2 is 1.76 bits per heavy atom. The smallest absolute Gasteiger partial charge is 0.238 e. The summed E-state index contributed by atoms with van der Waals surface area (Å²) in [6.45, 7) is 0. The molecule has 1 saturated carbocycles. The number of fused-ring (bicyclic) bond motifs is 5. The number of hydrogen-bond donors (Lipinski definition) is 0. The first-order chi connectivity index (χ1) is 10.1. The molecule has 4 atom stereocenters. The molecule has 1 heterocycles. The molecule has 0 radical (unpaired) electrons. The number of carbonyl (C=O) groups is 2. The first-order valence-corrected chi connectivity index (χ1v) is 7.25. The fourth-order valence-electron chi connectivity index (χ4n) is 3.90. The molecule has 1 saturated heterocycles. The van der Waals surface area contributed by atoms with Crippen molar-refractivity contribution in [2.45, 2.75) is 6.42 Å². The molecule has 2 aliphatic carbocycles. The zero-order chi connectivity index (χ0) is 14.7. The van der Waals surface area contributed by atoms with Gasteiger partial charge in [-0.25, -0.2) is 4.90 Å². The van der Waals surface area contributed by atoms with E-state index in [4.69, 9.17) is 16.9 Å². The molecule has 104 valence electrons. The summed E-state index contributed by atoms with van der Waals surface area (Å²) in [6.07, 6.45) is 5.02. The summed E-state index contributed by atoms with van der Waals surface area (Å²) >= 11 is 6.15. The molecule has 21 heavy (non-hydrogen) atoms. The van der Waals surface area contributed by atoms with E-state index < -0.39 is 0 Å². The molecular formula is C16H11ClN2O2. The Kier molecular flexibility index (Phi) is 2.51. The second-order valence-electron chi connectivity index (χ2n) is 5.79. The quantitative estimate of drug-likeness (QED) is 0.591. The Bertz CT molecular complexity index is 719. The topological polar surface area (TPSA) is 61.2 Å². The largest absolute Gasteiger partial charge is 0.274 e. The molecule has 4 rings (SSSR count). The van der Waals surface area contributed by atoms with E-state index in [0.29, 0.717) is 11.3 Å². The van der Waals surface area contributed by atoms with Crippen molar-refractivity contribution < 1.29 is 9.59 Å². The molecule has 2 fully saturated rings. The van der Waals surface area contributed by atoms with Crippen LogP contribution in [0.4, 0.5) is 5.69 Å². The summed E-state index contributed by atoms with van der Waals surface area (Å²) in [7, 11) is 0. The number of rotatable bonds is 1. The molecule has 1 aliphatic heterocycles. The predicted octanol–water partition coefficient (Wildman–Crippen LogP) is 2.52. The van der Waals surface area contributed by atoms with Crippen molar-refractivity contribution in [1.82, 2.24) is 0 Å². The Morgan fingerprint density at radius 1 is 1.14 bits per heavy atom. The maximum Gasteiger partial charge on any atom is 0.238 e. The average molecular weight is 299 g/mol. The zero-order valence-electron chi connectivity index (χ0n) is 11.0. The minimum absolute atomic E-state index is 0.159. The Labute approximate surface area is 126 Å². The van der Waals surface area contributed by atoms with Crippen molar-refractivity contribution in [3.05, 3.63) is 40.9 Å². The summed E-state index contributed by atoms with van der Waals surface area (Å²) < 4.78 is 0. The minimum Gasteiger partial charge on any atom is -0.274 e. The van der Waals surface area contributed by atoms with E-state index in [1.54, 1.807) is 12.1 Å². The fraction of sp³-hybridized carbons (Fsp3) is 0.312. The maximum atomic E-state index is 12.6. The second-order valence-corrected chi connectivity index (χ2v) is 6.20. The summed E-state index contributed by atoms with van der Waals surface area (Å²) in [6, 6.07) is 6.62. The van der Waals surface area contributed by atoms with Gasteiger partial charge in [0, 0.05) is 0 Å². The van der Waals surface area contributed by atoms with Crippen LogP contribution in [0.5, 0.6) is 0 Å². The number of allylic oxidation sites excluding steroid dienone is 2. The number of carbonyl (C=O) groups excluding carboxylic acids is 2. The van der Waals surface area contributed by atoms with Crippen molar-refractivity contribution in [2.75, 3.05) is 4.90 Å². The van der Waals surface area contributed by atoms with Gasteiger partial charge >= 0.3 is 0 Å². The van der Waals surface area contributed by atoms with Crippen LogP contribution in [-0.4, -0.2) is 11.8 Å². The lowest BCUT2D eigenvalue weighted by molar-refractivity contribution is -0.123. The van der Waals surface area contributed by atoms with Gasteiger partial charge in [-0.05, 0) is 36.5 Å². The SMILES string of the molecule is N#Cc1ccc(N2C(=O)[C@@H]3[C@H](C2=O)[C@H]2C=C[C@@H]3C2)c(Cl)c1. The van der Waals surface area contributed by atoms with Crippen molar-refractivity contribution in [2.24, 2.45) is 23.7 Å². The summed E-state index contributed by atoms with van der Waals surface area (Å²) in [5.41, 5.74) is 0.796. The minimum atomic E-state index is -0.237. The third kappa shape index (κ3) is 1.55. The van der Waals surface area contributed by atoms with E-state index >= 15 is 0 Å². The molecule has 5 heteroatoms. The molecule has 1 aromatic carbocycles. The molecule has 0 aromatic heterocycles. The van der Waals surface area contributed by atoms with Crippen LogP contribution in [0.15, 0.2) is 30.4 Å². The number of hydrogen-bond acceptors (Lipinski definition) is 3. The van der Waals surface area contributed by atoms with Gasteiger partial charge in [0.25, 0.3) is 0 Å². The van der Waals surface area contributed by atoms with E-state index in [1.807, 2.05) is 6.07 Å². The Morgan fingerprint density at radius 3 is 2.29 bits per heavy atom. The van der Waals surface area contributed by atoms with Gasteiger partial charge in [-0.1, -0.05) is 23.8 Å². The highest BCUT2D eigenvalue weighted by atomic mass is 35.5. The monoisotopic (exact) mass is 298 g/mol. The molecule has 1 aromatic rings. The van der Waals surface area contributed by atoms with Crippen molar-refractivity contribution in [1.29, 1.82) is 5.26 Å². The molecule has 2 bridgehead atoms. The predicted molar refractivity (Wildman–Crippen MR) is 76.4 cm³/mol. The van der Waals surface area contributed by atoms with E-state index in [-0.39, 0.29) is 40.5 Å². The van der Waals surface area contributed by atoms with Crippen LogP contribution in [0.3, 0.4) is 0 Å². The maximum absolute atomic E-state index is 12.6. The number of amides is 2. The number of nitrogens with zero attached hydrogens (tertiary/aromatic N) is 2. The molecule has 0 N–H and O–H groups in total. The van der Waals surface area contributed by atoms with Crippen LogP contribution in [0.1, 0.15) is 12.0 Å². The lowest BCUT2D eigenvalue weighted by atomic mass is 9.85. The lowest BCUT2D eigenvalue weighted by Gasteiger charge is -2.18. The van der Waals surface area contributed by atoms with Gasteiger partial charge in [0.1, 0.15) is 0 Å². The molecule has 0 unspecified atom stereocenters. The Hall–Kier alpha value is -2.12. The summed E-state index contributed by atoms with van der Waals surface area (Å²) in [5.74, 6) is -0.433. The number of imide groups is 1. The lowest BCUT2D eigenvalue weighted by Crippen LogP contribution is -2.33. The number of benzene rings is 1. The van der Waals surface area contributed by atoms with Crippen LogP contribution in [0, 0.1) is 35.0 Å². The van der Waals surface area contributed by atoms with E-state index in [1.165, 1.54) is 11.0 Å². The van der Waals surface area contributed by atoms with Gasteiger partial charge in [-0.2, -0.15) is 5.26 Å². The molecule has 4 nitrogen and oxygen atoms in total. The highest BCUT2D eigenvalue weighted by Crippen LogP contribution is 2.53. The first-order valence-electron chi connectivity index (χ1n) is 6.87. The van der Waals surface area contributed by atoms with Crippen LogP contribution < -0.4 is 4.90 Å². The van der Waals surface area contributed by atoms with Crippen LogP contribution in [0.25, 0.3) is 0 Å². The van der Waals surface area contributed by atoms with Crippen molar-refractivity contribution in [3.8, 4) is 6.07 Å². The number of anilines is 1. The standard InChI is InChI=1S/C16H11ClN2O2/c17-11-5-8(7-18)1-4-12(11)19-15(20)13-9-2-3-10(6-9)14(13)16(19)21/h1-5,9-10,13-14H,6H2/t9-,10+,13+,14-. The van der Waals surface area contributed by atoms with E-state index in [2.05, 4.69) is 12.2 Å². The highest BCUT2D eigenvalue weighted by Gasteiger charge is 2.59. The molecule has 0 spiro atoms. The third-order valence-electron chi connectivity index (χ3n) is 4.79. The van der Waals surface area contributed by atoms with Crippen molar-refractivity contribution >= 4 is 29.1 Å². The highest BCUT2D eigenvalue weighted by molar-refractivity contribution is 6.36. The first kappa shape index (κ1) is 12.6. The molecule has 2 amide bonds. The van der Waals surface area contributed by atoms with Crippen molar-refractivity contribution in [3.63, 3.8) is 0 Å². The fourth-order valence-corrected chi connectivity index (χ4v) is 4.16. The average Bonchev–Trinajstić information content (AvgIpc) is 3.14. The van der Waals surface area contributed by atoms with Gasteiger partial charge in [0.05, 0.1) is 34.2 Å². The van der Waals surface area contributed by atoms with Gasteiger partial charge in [0.2, 0.25) is 11.8 Å². The molecular weight excluding hydrogens is 288 g/mol. The van der Waals surface area contributed by atoms with Gasteiger partial charge in [-0.15, -0.1) is 0 Å². The second kappa shape index (κ2) is 4.19. The van der Waals surface area contributed by atoms with Gasteiger partial charge < -0.3 is 0 Å². The van der Waals surface area contributed by atoms with E-state index in [9.17, 15) is 9.59 Å². The van der Waals surface area contributed by atoms with Crippen LogP contribution >= 0.6 is 11.6 Å². The van der Waals surface area contributed by atoms with Crippen LogP contribution in [-0.2, 0) is 9.59 Å². The summed E-state index contributed by atoms with van der Waals surface area (Å²) in [4.78, 5) is 26.5. The normalized spacial score (nSPS) is 32.7. The van der Waals surface area contributed by atoms with Gasteiger partial charge in [0.15, 0.2) is 0 Å². The van der Waals surface area contributed by atoms with E-state index in [0.717, 1.165) is 6.42 Å². The third-order valence-corrected chi connectivity index (χ3v) is 5.09. The zero-order valence-corrected chi connectivity index (χ0v) is 11.7. The van der Waals surface area contributed by atoms with Gasteiger partial charge in [-0.3, -0.25) is 9.59 Å². The summed E-state index contributed by atoms with van der Waals surface area (Å²) in [5, 5.41) is 9.13.